The van der Waals surface area contributed by atoms with E-state index in [1.54, 1.807) is 7.11 Å². The molecular weight excluding hydrogens is 379 g/mol. The zero-order valence-electron chi connectivity index (χ0n) is 13.4. The average Bonchev–Trinajstić information content (AvgIpc) is 3.32. The van der Waals surface area contributed by atoms with Crippen LogP contribution in [0.15, 0.2) is 4.99 Å². The first-order valence-corrected chi connectivity index (χ1v) is 8.01. The molecule has 6 heteroatoms. The molecule has 0 atom stereocenters. The van der Waals surface area contributed by atoms with Gasteiger partial charge in [0.05, 0.1) is 0 Å². The van der Waals surface area contributed by atoms with E-state index in [4.69, 9.17) is 4.74 Å². The lowest BCUT2D eigenvalue weighted by Gasteiger charge is -2.22. The van der Waals surface area contributed by atoms with Crippen LogP contribution in [0.5, 0.6) is 0 Å². The molecule has 0 aromatic carbocycles. The molecule has 2 N–H and O–H groups in total. The highest BCUT2D eigenvalue weighted by Crippen LogP contribution is 2.34. The summed E-state index contributed by atoms with van der Waals surface area (Å²) in [5.74, 6) is 1.89. The number of hydrogen-bond acceptors (Lipinski definition) is 3. The number of rotatable bonds is 10. The van der Waals surface area contributed by atoms with Crippen LogP contribution in [0.3, 0.4) is 0 Å². The predicted molar refractivity (Wildman–Crippen MR) is 98.6 cm³/mol. The standard InChI is InChI=1S/C15H30N4O.HI/c1-16-15(17-8-3-11-20-2)18-9-10-19(14-6-7-14)12-13-4-5-13;/h13-14H,3-12H2,1-2H3,(H2,16,17,18);1H. The van der Waals surface area contributed by atoms with E-state index in [-0.39, 0.29) is 24.0 Å². The SMILES string of the molecule is CN=C(NCCCOC)NCCN(CC1CC1)C1CC1.I. The van der Waals surface area contributed by atoms with Gasteiger partial charge in [-0.05, 0) is 38.0 Å². The quantitative estimate of drug-likeness (QED) is 0.249. The topological polar surface area (TPSA) is 48.9 Å². The number of ether oxygens (including phenoxy) is 1. The third-order valence-corrected chi connectivity index (χ3v) is 3.99. The zero-order chi connectivity index (χ0) is 14.2. The van der Waals surface area contributed by atoms with Crippen molar-refractivity contribution in [2.75, 3.05) is 46.9 Å². The Hall–Kier alpha value is -0.0800. The van der Waals surface area contributed by atoms with Gasteiger partial charge in [-0.1, -0.05) is 0 Å². The highest BCUT2D eigenvalue weighted by atomic mass is 127. The van der Waals surface area contributed by atoms with Crippen LogP contribution in [0.2, 0.25) is 0 Å². The lowest BCUT2D eigenvalue weighted by molar-refractivity contribution is 0.195. The molecule has 0 spiro atoms. The Labute approximate surface area is 146 Å². The van der Waals surface area contributed by atoms with Crippen molar-refractivity contribution in [1.29, 1.82) is 0 Å². The number of nitrogens with zero attached hydrogens (tertiary/aromatic N) is 2. The Morgan fingerprint density at radius 2 is 1.90 bits per heavy atom. The third-order valence-electron chi connectivity index (χ3n) is 3.99. The maximum Gasteiger partial charge on any atom is 0.191 e. The van der Waals surface area contributed by atoms with Crippen LogP contribution in [0.25, 0.3) is 0 Å². The molecule has 0 aliphatic heterocycles. The monoisotopic (exact) mass is 410 g/mol. The first-order chi connectivity index (χ1) is 9.83. The van der Waals surface area contributed by atoms with Crippen LogP contribution in [0, 0.1) is 5.92 Å². The molecule has 2 fully saturated rings. The Balaban J connectivity index is 0.00000220. The molecule has 21 heavy (non-hydrogen) atoms. The minimum atomic E-state index is 0. The number of guanidine groups is 1. The summed E-state index contributed by atoms with van der Waals surface area (Å²) in [5, 5.41) is 6.73. The summed E-state index contributed by atoms with van der Waals surface area (Å²) in [5.41, 5.74) is 0. The van der Waals surface area contributed by atoms with Crippen molar-refractivity contribution in [2.24, 2.45) is 10.9 Å². The number of aliphatic imine (C=N–C) groups is 1. The van der Waals surface area contributed by atoms with Gasteiger partial charge in [-0.25, -0.2) is 0 Å². The summed E-state index contributed by atoms with van der Waals surface area (Å²) in [7, 11) is 3.56. The summed E-state index contributed by atoms with van der Waals surface area (Å²) in [6.07, 6.45) is 6.69. The van der Waals surface area contributed by atoms with E-state index in [1.807, 2.05) is 7.05 Å². The fraction of sp³-hybridized carbons (Fsp3) is 0.933. The number of halogens is 1. The van der Waals surface area contributed by atoms with Crippen molar-refractivity contribution in [3.05, 3.63) is 0 Å². The fourth-order valence-corrected chi connectivity index (χ4v) is 2.46. The van der Waals surface area contributed by atoms with Gasteiger partial charge in [0.25, 0.3) is 0 Å². The molecule has 0 amide bonds. The lowest BCUT2D eigenvalue weighted by atomic mass is 10.3. The van der Waals surface area contributed by atoms with E-state index in [1.165, 1.54) is 32.2 Å². The van der Waals surface area contributed by atoms with Gasteiger partial charge >= 0.3 is 0 Å². The maximum absolute atomic E-state index is 5.04. The molecule has 0 saturated heterocycles. The molecule has 0 heterocycles. The van der Waals surface area contributed by atoms with Crippen molar-refractivity contribution >= 4 is 29.9 Å². The second-order valence-electron chi connectivity index (χ2n) is 5.94. The molecule has 0 aromatic rings. The van der Waals surface area contributed by atoms with Gasteiger partial charge in [-0.2, -0.15) is 0 Å². The Morgan fingerprint density at radius 3 is 2.48 bits per heavy atom. The summed E-state index contributed by atoms with van der Waals surface area (Å²) in [6.45, 7) is 5.13. The van der Waals surface area contributed by atoms with Gasteiger partial charge in [0.2, 0.25) is 0 Å². The summed E-state index contributed by atoms with van der Waals surface area (Å²) in [6, 6.07) is 0.870. The fourth-order valence-electron chi connectivity index (χ4n) is 2.46. The minimum absolute atomic E-state index is 0. The second-order valence-corrected chi connectivity index (χ2v) is 5.94. The average molecular weight is 410 g/mol. The minimum Gasteiger partial charge on any atom is -0.385 e. The molecule has 2 saturated carbocycles. The van der Waals surface area contributed by atoms with Crippen molar-refractivity contribution < 1.29 is 4.74 Å². The van der Waals surface area contributed by atoms with E-state index in [2.05, 4.69) is 20.5 Å². The molecule has 2 aliphatic carbocycles. The molecule has 5 nitrogen and oxygen atoms in total. The predicted octanol–water partition coefficient (Wildman–Crippen LogP) is 1.68. The first-order valence-electron chi connectivity index (χ1n) is 8.01. The van der Waals surface area contributed by atoms with Crippen LogP contribution in [-0.4, -0.2) is 63.8 Å². The largest absolute Gasteiger partial charge is 0.385 e. The molecule has 0 radical (unpaired) electrons. The lowest BCUT2D eigenvalue weighted by Crippen LogP contribution is -2.42. The summed E-state index contributed by atoms with van der Waals surface area (Å²) in [4.78, 5) is 6.92. The number of hydrogen-bond donors (Lipinski definition) is 2. The molecule has 2 rings (SSSR count). The van der Waals surface area contributed by atoms with Crippen molar-refractivity contribution in [1.82, 2.24) is 15.5 Å². The Morgan fingerprint density at radius 1 is 1.19 bits per heavy atom. The molecule has 2 aliphatic rings. The zero-order valence-corrected chi connectivity index (χ0v) is 15.8. The Bertz CT molecular complexity index is 306. The molecular formula is C15H31IN4O. The Kier molecular flexibility index (Phi) is 9.59. The van der Waals surface area contributed by atoms with E-state index in [0.717, 1.165) is 50.6 Å². The second kappa shape index (κ2) is 10.6. The first kappa shape index (κ1) is 19.0. The van der Waals surface area contributed by atoms with Crippen molar-refractivity contribution in [3.8, 4) is 0 Å². The molecule has 124 valence electrons. The normalized spacial score (nSPS) is 18.5. The van der Waals surface area contributed by atoms with Crippen molar-refractivity contribution in [3.63, 3.8) is 0 Å². The summed E-state index contributed by atoms with van der Waals surface area (Å²) >= 11 is 0. The van der Waals surface area contributed by atoms with Crippen molar-refractivity contribution in [2.45, 2.75) is 38.1 Å². The summed E-state index contributed by atoms with van der Waals surface area (Å²) < 4.78 is 5.04. The smallest absolute Gasteiger partial charge is 0.191 e. The van der Waals surface area contributed by atoms with Gasteiger partial charge in [-0.3, -0.25) is 9.89 Å². The van der Waals surface area contributed by atoms with Gasteiger partial charge in [0, 0.05) is 53.0 Å². The van der Waals surface area contributed by atoms with E-state index >= 15 is 0 Å². The third kappa shape index (κ3) is 8.21. The van der Waals surface area contributed by atoms with Crippen LogP contribution in [0.1, 0.15) is 32.1 Å². The van der Waals surface area contributed by atoms with Crippen LogP contribution in [-0.2, 0) is 4.74 Å². The molecule has 0 bridgehead atoms. The van der Waals surface area contributed by atoms with E-state index < -0.39 is 0 Å². The van der Waals surface area contributed by atoms with Gasteiger partial charge < -0.3 is 15.4 Å². The van der Waals surface area contributed by atoms with Crippen LogP contribution >= 0.6 is 24.0 Å². The van der Waals surface area contributed by atoms with Crippen LogP contribution < -0.4 is 10.6 Å². The highest BCUT2D eigenvalue weighted by molar-refractivity contribution is 14.0. The molecule has 0 aromatic heterocycles. The van der Waals surface area contributed by atoms with Gasteiger partial charge in [-0.15, -0.1) is 24.0 Å². The van der Waals surface area contributed by atoms with Crippen LogP contribution in [0.4, 0.5) is 0 Å². The molecule has 0 unspecified atom stereocenters. The van der Waals surface area contributed by atoms with E-state index in [9.17, 15) is 0 Å². The maximum atomic E-state index is 5.04. The number of methoxy groups -OCH3 is 1. The van der Waals surface area contributed by atoms with Gasteiger partial charge in [0.1, 0.15) is 0 Å². The van der Waals surface area contributed by atoms with Gasteiger partial charge in [0.15, 0.2) is 5.96 Å². The highest BCUT2D eigenvalue weighted by Gasteiger charge is 2.33. The number of nitrogens with one attached hydrogen (secondary N) is 2. The van der Waals surface area contributed by atoms with E-state index in [0.29, 0.717) is 0 Å².